The van der Waals surface area contributed by atoms with Crippen LogP contribution in [0.25, 0.3) is 10.9 Å². The van der Waals surface area contributed by atoms with E-state index in [4.69, 9.17) is 14.5 Å². The van der Waals surface area contributed by atoms with Crippen LogP contribution in [0.5, 0.6) is 5.75 Å². The maximum Gasteiger partial charge on any atom is 0.337 e. The molecular formula is C21H19N3O3. The Morgan fingerprint density at radius 2 is 2.04 bits per heavy atom. The SMILES string of the molecule is COC(=O)C12NCCc3c([nH]c4ccc(OC)cc34)C1=Nc1ccccc12. The number of nitrogens with one attached hydrogen (secondary N) is 2. The van der Waals surface area contributed by atoms with E-state index in [1.165, 1.54) is 7.11 Å². The smallest absolute Gasteiger partial charge is 0.337 e. The number of esters is 1. The van der Waals surface area contributed by atoms with E-state index in [9.17, 15) is 4.79 Å². The standard InChI is InChI=1S/C21H19N3O3/c1-26-12-7-8-16-14(11-12)13-9-10-22-21(20(25)27-2)15-5-3-4-6-17(15)24-19(21)18(13)23-16/h3-8,11,22-23H,9-10H2,1-2H3. The molecule has 6 heteroatoms. The van der Waals surface area contributed by atoms with Crippen LogP contribution in [0.2, 0.25) is 0 Å². The van der Waals surface area contributed by atoms with Gasteiger partial charge < -0.3 is 14.5 Å². The fourth-order valence-electron chi connectivity index (χ4n) is 4.26. The quantitative estimate of drug-likeness (QED) is 0.688. The largest absolute Gasteiger partial charge is 0.497 e. The zero-order valence-corrected chi connectivity index (χ0v) is 15.1. The molecule has 3 aromatic rings. The van der Waals surface area contributed by atoms with Crippen molar-refractivity contribution < 1.29 is 14.3 Å². The second-order valence-electron chi connectivity index (χ2n) is 6.79. The van der Waals surface area contributed by atoms with Crippen molar-refractivity contribution >= 4 is 28.3 Å². The molecule has 5 rings (SSSR count). The molecule has 6 nitrogen and oxygen atoms in total. The number of fused-ring (bicyclic) bond motifs is 7. The minimum Gasteiger partial charge on any atom is -0.497 e. The molecule has 3 heterocycles. The molecule has 0 fully saturated rings. The summed E-state index contributed by atoms with van der Waals surface area (Å²) < 4.78 is 10.6. The van der Waals surface area contributed by atoms with Gasteiger partial charge in [-0.15, -0.1) is 0 Å². The Balaban J connectivity index is 1.81. The predicted molar refractivity (Wildman–Crippen MR) is 103 cm³/mol. The number of hydrogen-bond acceptors (Lipinski definition) is 5. The fourth-order valence-corrected chi connectivity index (χ4v) is 4.26. The van der Waals surface area contributed by atoms with E-state index >= 15 is 0 Å². The van der Waals surface area contributed by atoms with Crippen molar-refractivity contribution in [2.24, 2.45) is 4.99 Å². The summed E-state index contributed by atoms with van der Waals surface area (Å²) in [5.41, 5.74) is 4.20. The van der Waals surface area contributed by atoms with Crippen molar-refractivity contribution in [3.8, 4) is 5.75 Å². The first-order chi connectivity index (χ1) is 13.2. The van der Waals surface area contributed by atoms with E-state index in [0.717, 1.165) is 45.6 Å². The van der Waals surface area contributed by atoms with Gasteiger partial charge in [0.2, 0.25) is 0 Å². The molecule has 1 aromatic heterocycles. The molecule has 0 aliphatic carbocycles. The van der Waals surface area contributed by atoms with Crippen LogP contribution in [0.3, 0.4) is 0 Å². The van der Waals surface area contributed by atoms with Gasteiger partial charge in [-0.05, 0) is 36.2 Å². The summed E-state index contributed by atoms with van der Waals surface area (Å²) >= 11 is 0. The van der Waals surface area contributed by atoms with E-state index in [0.29, 0.717) is 12.3 Å². The first-order valence-corrected chi connectivity index (χ1v) is 8.90. The number of hydrogen-bond donors (Lipinski definition) is 2. The molecule has 2 N–H and O–H groups in total. The molecule has 136 valence electrons. The molecule has 27 heavy (non-hydrogen) atoms. The summed E-state index contributed by atoms with van der Waals surface area (Å²) in [7, 11) is 3.08. The fraction of sp³-hybridized carbons (Fsp3) is 0.238. The Hall–Kier alpha value is -3.12. The molecule has 0 spiro atoms. The maximum atomic E-state index is 13.0. The first-order valence-electron chi connectivity index (χ1n) is 8.90. The van der Waals surface area contributed by atoms with E-state index in [1.807, 2.05) is 42.5 Å². The monoisotopic (exact) mass is 361 g/mol. The second-order valence-corrected chi connectivity index (χ2v) is 6.79. The molecule has 2 aliphatic rings. The summed E-state index contributed by atoms with van der Waals surface area (Å²) in [5.74, 6) is 0.452. The number of ether oxygens (including phenoxy) is 2. The van der Waals surface area contributed by atoms with Gasteiger partial charge in [0.05, 0.1) is 25.6 Å². The van der Waals surface area contributed by atoms with Crippen LogP contribution in [0, 0.1) is 0 Å². The summed E-state index contributed by atoms with van der Waals surface area (Å²) in [6.07, 6.45) is 0.766. The molecule has 0 saturated heterocycles. The molecule has 0 radical (unpaired) electrons. The van der Waals surface area contributed by atoms with E-state index in [2.05, 4.69) is 10.3 Å². The molecule has 1 unspecified atom stereocenters. The van der Waals surface area contributed by atoms with Crippen molar-refractivity contribution in [3.63, 3.8) is 0 Å². The Morgan fingerprint density at radius 3 is 2.85 bits per heavy atom. The third-order valence-electron chi connectivity index (χ3n) is 5.50. The van der Waals surface area contributed by atoms with Gasteiger partial charge in [-0.2, -0.15) is 0 Å². The Labute approximate surface area is 156 Å². The highest BCUT2D eigenvalue weighted by molar-refractivity contribution is 6.24. The van der Waals surface area contributed by atoms with Gasteiger partial charge in [-0.25, -0.2) is 9.79 Å². The summed E-state index contributed by atoms with van der Waals surface area (Å²) in [5, 5.41) is 4.52. The van der Waals surface area contributed by atoms with Crippen molar-refractivity contribution in [3.05, 3.63) is 59.3 Å². The molecule has 0 saturated carbocycles. The zero-order valence-electron chi connectivity index (χ0n) is 15.1. The predicted octanol–water partition coefficient (Wildman–Crippen LogP) is 2.82. The van der Waals surface area contributed by atoms with Gasteiger partial charge in [0, 0.05) is 23.0 Å². The topological polar surface area (TPSA) is 75.7 Å². The number of aromatic nitrogens is 1. The van der Waals surface area contributed by atoms with E-state index in [1.54, 1.807) is 7.11 Å². The molecule has 2 aromatic carbocycles. The number of rotatable bonds is 2. The summed E-state index contributed by atoms with van der Waals surface area (Å²) in [6.45, 7) is 0.625. The Morgan fingerprint density at radius 1 is 1.19 bits per heavy atom. The van der Waals surface area contributed by atoms with Crippen LogP contribution in [-0.4, -0.2) is 37.4 Å². The third kappa shape index (κ3) is 2.04. The Bertz CT molecular complexity index is 1120. The van der Waals surface area contributed by atoms with Gasteiger partial charge >= 0.3 is 5.97 Å². The highest BCUT2D eigenvalue weighted by Gasteiger charge is 2.53. The highest BCUT2D eigenvalue weighted by atomic mass is 16.5. The lowest BCUT2D eigenvalue weighted by atomic mass is 9.85. The van der Waals surface area contributed by atoms with Crippen LogP contribution in [0.1, 0.15) is 16.8 Å². The van der Waals surface area contributed by atoms with Gasteiger partial charge in [0.25, 0.3) is 0 Å². The maximum absolute atomic E-state index is 13.0. The first kappa shape index (κ1) is 16.1. The lowest BCUT2D eigenvalue weighted by molar-refractivity contribution is -0.145. The zero-order chi connectivity index (χ0) is 18.6. The van der Waals surface area contributed by atoms with Crippen LogP contribution >= 0.6 is 0 Å². The van der Waals surface area contributed by atoms with Crippen molar-refractivity contribution in [2.45, 2.75) is 12.0 Å². The van der Waals surface area contributed by atoms with Crippen molar-refractivity contribution in [1.29, 1.82) is 0 Å². The number of nitrogens with zero attached hydrogens (tertiary/aromatic N) is 1. The van der Waals surface area contributed by atoms with Crippen LogP contribution < -0.4 is 10.1 Å². The lowest BCUT2D eigenvalue weighted by Gasteiger charge is -2.28. The second kappa shape index (κ2) is 5.69. The van der Waals surface area contributed by atoms with Crippen molar-refractivity contribution in [2.75, 3.05) is 20.8 Å². The van der Waals surface area contributed by atoms with Gasteiger partial charge in [-0.1, -0.05) is 18.2 Å². The van der Waals surface area contributed by atoms with Crippen molar-refractivity contribution in [1.82, 2.24) is 10.3 Å². The average Bonchev–Trinajstić information content (AvgIpc) is 3.18. The highest BCUT2D eigenvalue weighted by Crippen LogP contribution is 2.44. The molecule has 2 aliphatic heterocycles. The van der Waals surface area contributed by atoms with Gasteiger partial charge in [-0.3, -0.25) is 5.32 Å². The Kier molecular flexibility index (Phi) is 3.39. The van der Waals surface area contributed by atoms with E-state index < -0.39 is 5.54 Å². The minimum atomic E-state index is -1.10. The van der Waals surface area contributed by atoms with Gasteiger partial charge in [0.1, 0.15) is 11.5 Å². The number of aliphatic imine (C=N–C) groups is 1. The molecular weight excluding hydrogens is 342 g/mol. The summed E-state index contributed by atoms with van der Waals surface area (Å²) in [4.78, 5) is 21.3. The third-order valence-corrected chi connectivity index (χ3v) is 5.50. The number of benzene rings is 2. The van der Waals surface area contributed by atoms with Gasteiger partial charge in [0.15, 0.2) is 5.54 Å². The summed E-state index contributed by atoms with van der Waals surface area (Å²) in [6, 6.07) is 13.7. The molecule has 1 atom stereocenters. The number of para-hydroxylation sites is 1. The molecule has 0 amide bonds. The van der Waals surface area contributed by atoms with E-state index in [-0.39, 0.29) is 5.97 Å². The van der Waals surface area contributed by atoms with Crippen LogP contribution in [0.4, 0.5) is 5.69 Å². The number of aromatic amines is 1. The number of carbonyl (C=O) groups excluding carboxylic acids is 1. The molecule has 0 bridgehead atoms. The number of methoxy groups -OCH3 is 2. The lowest BCUT2D eigenvalue weighted by Crippen LogP contribution is -2.54. The van der Waals surface area contributed by atoms with Crippen LogP contribution in [0.15, 0.2) is 47.5 Å². The number of H-pyrrole nitrogens is 1. The average molecular weight is 361 g/mol. The minimum absolute atomic E-state index is 0.352. The normalized spacial score (nSPS) is 20.3. The number of carbonyl (C=O) groups is 1. The van der Waals surface area contributed by atoms with Crippen LogP contribution in [-0.2, 0) is 21.5 Å².